The highest BCUT2D eigenvalue weighted by Crippen LogP contribution is 2.24. The van der Waals surface area contributed by atoms with Crippen LogP contribution in [0.4, 0.5) is 4.39 Å². The van der Waals surface area contributed by atoms with Gasteiger partial charge >= 0.3 is 0 Å². The van der Waals surface area contributed by atoms with E-state index in [-0.39, 0.29) is 5.82 Å². The van der Waals surface area contributed by atoms with Crippen molar-refractivity contribution in [2.45, 2.75) is 65.2 Å². The molecule has 0 bridgehead atoms. The maximum atomic E-state index is 14.2. The number of benzene rings is 2. The van der Waals surface area contributed by atoms with Crippen LogP contribution < -0.4 is 0 Å². The molecule has 0 amide bonds. The summed E-state index contributed by atoms with van der Waals surface area (Å²) in [4.78, 5) is 0. The lowest BCUT2D eigenvalue weighted by Gasteiger charge is -2.08. The van der Waals surface area contributed by atoms with E-state index in [1.807, 2.05) is 6.07 Å². The van der Waals surface area contributed by atoms with Gasteiger partial charge in [-0.1, -0.05) is 75.9 Å². The zero-order valence-electron chi connectivity index (χ0n) is 14.6. The predicted molar refractivity (Wildman–Crippen MR) is 98.3 cm³/mol. The highest BCUT2D eigenvalue weighted by Gasteiger charge is 2.05. The second kappa shape index (κ2) is 9.50. The van der Waals surface area contributed by atoms with Crippen molar-refractivity contribution in [1.82, 2.24) is 0 Å². The van der Waals surface area contributed by atoms with Gasteiger partial charge in [-0.05, 0) is 54.0 Å². The number of halogens is 1. The zero-order chi connectivity index (χ0) is 16.5. The summed E-state index contributed by atoms with van der Waals surface area (Å²) in [5.41, 5.74) is 4.29. The van der Waals surface area contributed by atoms with Gasteiger partial charge in [0, 0.05) is 0 Å². The Bertz CT molecular complexity index is 583. The fraction of sp³-hybridized carbons (Fsp3) is 0.455. The number of hydrogen-bond donors (Lipinski definition) is 0. The van der Waals surface area contributed by atoms with Crippen molar-refractivity contribution in [2.75, 3.05) is 0 Å². The molecule has 0 saturated heterocycles. The minimum absolute atomic E-state index is 0.0642. The molecule has 124 valence electrons. The van der Waals surface area contributed by atoms with Crippen molar-refractivity contribution in [2.24, 2.45) is 0 Å². The van der Waals surface area contributed by atoms with E-state index in [9.17, 15) is 4.39 Å². The topological polar surface area (TPSA) is 0 Å². The molecule has 1 heteroatoms. The molecule has 2 aromatic carbocycles. The molecule has 0 nitrogen and oxygen atoms in total. The van der Waals surface area contributed by atoms with Gasteiger partial charge in [0.1, 0.15) is 5.82 Å². The SMILES string of the molecule is CCCCCc1ccc(-c2ccc(CCCCC)c(F)c2)cc1. The minimum Gasteiger partial charge on any atom is -0.207 e. The van der Waals surface area contributed by atoms with E-state index in [0.717, 1.165) is 36.0 Å². The highest BCUT2D eigenvalue weighted by molar-refractivity contribution is 5.64. The van der Waals surface area contributed by atoms with Gasteiger partial charge < -0.3 is 0 Å². The van der Waals surface area contributed by atoms with E-state index < -0.39 is 0 Å². The predicted octanol–water partition coefficient (Wildman–Crippen LogP) is 6.96. The van der Waals surface area contributed by atoms with Crippen LogP contribution in [0, 0.1) is 5.82 Å². The molecule has 0 atom stereocenters. The molecule has 0 radical (unpaired) electrons. The van der Waals surface area contributed by atoms with Gasteiger partial charge in [0.15, 0.2) is 0 Å². The van der Waals surface area contributed by atoms with Gasteiger partial charge in [-0.3, -0.25) is 0 Å². The van der Waals surface area contributed by atoms with Gasteiger partial charge in [0.25, 0.3) is 0 Å². The first-order valence-corrected chi connectivity index (χ1v) is 9.12. The Balaban J connectivity index is 2.02. The second-order valence-electron chi connectivity index (χ2n) is 6.42. The van der Waals surface area contributed by atoms with Gasteiger partial charge in [-0.2, -0.15) is 0 Å². The monoisotopic (exact) mass is 312 g/mol. The average Bonchev–Trinajstić information content (AvgIpc) is 2.57. The molecular formula is C22H29F. The van der Waals surface area contributed by atoms with Gasteiger partial charge in [0.05, 0.1) is 0 Å². The maximum absolute atomic E-state index is 14.2. The molecule has 0 N–H and O–H groups in total. The van der Waals surface area contributed by atoms with E-state index in [2.05, 4.69) is 44.2 Å². The Morgan fingerprint density at radius 3 is 1.91 bits per heavy atom. The number of aryl methyl sites for hydroxylation is 2. The zero-order valence-corrected chi connectivity index (χ0v) is 14.6. The lowest BCUT2D eigenvalue weighted by atomic mass is 9.99. The first-order chi connectivity index (χ1) is 11.2. The Morgan fingerprint density at radius 1 is 0.696 bits per heavy atom. The van der Waals surface area contributed by atoms with E-state index in [0.29, 0.717) is 0 Å². The third-order valence-electron chi connectivity index (χ3n) is 4.46. The molecule has 0 saturated carbocycles. The fourth-order valence-electron chi connectivity index (χ4n) is 2.94. The molecule has 0 aliphatic rings. The first-order valence-electron chi connectivity index (χ1n) is 9.12. The van der Waals surface area contributed by atoms with Gasteiger partial charge in [0.2, 0.25) is 0 Å². The smallest absolute Gasteiger partial charge is 0.127 e. The summed E-state index contributed by atoms with van der Waals surface area (Å²) in [6.07, 6.45) is 9.17. The Kier molecular flexibility index (Phi) is 7.32. The summed E-state index contributed by atoms with van der Waals surface area (Å²) >= 11 is 0. The maximum Gasteiger partial charge on any atom is 0.127 e. The van der Waals surface area contributed by atoms with Gasteiger partial charge in [-0.25, -0.2) is 4.39 Å². The minimum atomic E-state index is -0.0642. The lowest BCUT2D eigenvalue weighted by Crippen LogP contribution is -1.92. The van der Waals surface area contributed by atoms with E-state index in [1.54, 1.807) is 6.07 Å². The van der Waals surface area contributed by atoms with Gasteiger partial charge in [-0.15, -0.1) is 0 Å². The summed E-state index contributed by atoms with van der Waals surface area (Å²) < 4.78 is 14.2. The third kappa shape index (κ3) is 5.49. The standard InChI is InChI=1S/C22H29F/c1-3-5-7-9-18-11-13-19(14-12-18)21-16-15-20(22(23)17-21)10-8-6-4-2/h11-17H,3-10H2,1-2H3. The average molecular weight is 312 g/mol. The number of unbranched alkanes of at least 4 members (excludes halogenated alkanes) is 4. The van der Waals surface area contributed by atoms with Crippen molar-refractivity contribution in [3.8, 4) is 11.1 Å². The summed E-state index contributed by atoms with van der Waals surface area (Å²) in [7, 11) is 0. The van der Waals surface area contributed by atoms with Crippen LogP contribution in [-0.4, -0.2) is 0 Å². The van der Waals surface area contributed by atoms with Crippen LogP contribution >= 0.6 is 0 Å². The van der Waals surface area contributed by atoms with Crippen LogP contribution in [0.3, 0.4) is 0 Å². The lowest BCUT2D eigenvalue weighted by molar-refractivity contribution is 0.599. The Hall–Kier alpha value is -1.63. The molecule has 0 heterocycles. The van der Waals surface area contributed by atoms with Crippen molar-refractivity contribution < 1.29 is 4.39 Å². The summed E-state index contributed by atoms with van der Waals surface area (Å²) in [5, 5.41) is 0. The van der Waals surface area contributed by atoms with E-state index in [1.165, 1.54) is 37.7 Å². The second-order valence-corrected chi connectivity index (χ2v) is 6.42. The van der Waals surface area contributed by atoms with E-state index in [4.69, 9.17) is 0 Å². The van der Waals surface area contributed by atoms with Crippen LogP contribution in [0.5, 0.6) is 0 Å². The summed E-state index contributed by atoms with van der Waals surface area (Å²) in [6, 6.07) is 14.3. The largest absolute Gasteiger partial charge is 0.207 e. The van der Waals surface area contributed by atoms with Crippen LogP contribution in [0.15, 0.2) is 42.5 Å². The molecule has 0 unspecified atom stereocenters. The molecule has 2 aromatic rings. The molecule has 0 aliphatic heterocycles. The molecule has 0 fully saturated rings. The van der Waals surface area contributed by atoms with E-state index >= 15 is 0 Å². The highest BCUT2D eigenvalue weighted by atomic mass is 19.1. The third-order valence-corrected chi connectivity index (χ3v) is 4.46. The molecule has 0 spiro atoms. The summed E-state index contributed by atoms with van der Waals surface area (Å²) in [6.45, 7) is 4.40. The normalized spacial score (nSPS) is 10.9. The Morgan fingerprint density at radius 2 is 1.30 bits per heavy atom. The van der Waals surface area contributed by atoms with Crippen LogP contribution in [0.2, 0.25) is 0 Å². The molecule has 23 heavy (non-hydrogen) atoms. The number of rotatable bonds is 9. The fourth-order valence-corrected chi connectivity index (χ4v) is 2.94. The molecule has 0 aromatic heterocycles. The Labute approximate surface area is 140 Å². The van der Waals surface area contributed by atoms with Crippen molar-refractivity contribution in [1.29, 1.82) is 0 Å². The first kappa shape index (κ1) is 17.7. The van der Waals surface area contributed by atoms with Crippen molar-refractivity contribution >= 4 is 0 Å². The molecular weight excluding hydrogens is 283 g/mol. The van der Waals surface area contributed by atoms with Crippen molar-refractivity contribution in [3.63, 3.8) is 0 Å². The quantitative estimate of drug-likeness (QED) is 0.439. The number of hydrogen-bond acceptors (Lipinski definition) is 0. The molecule has 2 rings (SSSR count). The van der Waals surface area contributed by atoms with Crippen LogP contribution in [-0.2, 0) is 12.8 Å². The molecule has 0 aliphatic carbocycles. The van der Waals surface area contributed by atoms with Crippen LogP contribution in [0.25, 0.3) is 11.1 Å². The van der Waals surface area contributed by atoms with Crippen molar-refractivity contribution in [3.05, 3.63) is 59.4 Å². The van der Waals surface area contributed by atoms with Crippen LogP contribution in [0.1, 0.15) is 63.5 Å². The summed E-state index contributed by atoms with van der Waals surface area (Å²) in [5.74, 6) is -0.0642.